The van der Waals surface area contributed by atoms with Crippen LogP contribution >= 0.6 is 0 Å². The van der Waals surface area contributed by atoms with E-state index < -0.39 is 26.5 Å². The highest BCUT2D eigenvalue weighted by Gasteiger charge is 2.45. The normalized spacial score (nSPS) is 29.9. The molecule has 2 aliphatic heterocycles. The van der Waals surface area contributed by atoms with Gasteiger partial charge in [-0.1, -0.05) is 0 Å². The number of ether oxygens (including phenoxy) is 2. The summed E-state index contributed by atoms with van der Waals surface area (Å²) in [6, 6.07) is 3.65. The molecule has 1 aromatic rings. The minimum Gasteiger partial charge on any atom is -0.396 e. The fourth-order valence-electron chi connectivity index (χ4n) is 2.99. The number of anilines is 1. The molecule has 0 aliphatic carbocycles. The zero-order valence-corrected chi connectivity index (χ0v) is 12.4. The maximum absolute atomic E-state index is 13.5. The summed E-state index contributed by atoms with van der Waals surface area (Å²) in [7, 11) is -3.60. The zero-order chi connectivity index (χ0) is 15.1. The Labute approximate surface area is 123 Å². The Balaban J connectivity index is 1.88. The van der Waals surface area contributed by atoms with E-state index in [9.17, 15) is 12.8 Å². The van der Waals surface area contributed by atoms with Gasteiger partial charge in [-0.15, -0.1) is 0 Å². The number of benzene rings is 1. The first-order valence-corrected chi connectivity index (χ1v) is 8.48. The molecule has 2 atom stereocenters. The second kappa shape index (κ2) is 5.23. The average Bonchev–Trinajstić information content (AvgIpc) is 2.89. The van der Waals surface area contributed by atoms with Crippen molar-refractivity contribution in [1.29, 1.82) is 0 Å². The Morgan fingerprint density at radius 2 is 2.14 bits per heavy atom. The first kappa shape index (κ1) is 14.7. The van der Waals surface area contributed by atoms with Crippen molar-refractivity contribution in [1.82, 2.24) is 0 Å². The van der Waals surface area contributed by atoms with Crippen molar-refractivity contribution in [2.45, 2.75) is 35.0 Å². The molecule has 5 nitrogen and oxygen atoms in total. The fraction of sp³-hybridized carbons (Fsp3) is 0.571. The number of nitrogen functional groups attached to an aromatic ring is 1. The molecule has 3 rings (SSSR count). The molecule has 0 radical (unpaired) electrons. The van der Waals surface area contributed by atoms with Crippen LogP contribution < -0.4 is 5.73 Å². The summed E-state index contributed by atoms with van der Waals surface area (Å²) in [6.07, 6.45) is 1.51. The minimum absolute atomic E-state index is 0.0184. The first-order chi connectivity index (χ1) is 9.93. The Hall–Kier alpha value is -1.18. The predicted octanol–water partition coefficient (Wildman–Crippen LogP) is 1.52. The molecule has 0 amide bonds. The van der Waals surface area contributed by atoms with E-state index in [0.29, 0.717) is 39.1 Å². The second-order valence-corrected chi connectivity index (χ2v) is 7.91. The molecule has 2 saturated heterocycles. The van der Waals surface area contributed by atoms with E-state index in [0.717, 1.165) is 6.07 Å². The molecule has 2 N–H and O–H groups in total. The van der Waals surface area contributed by atoms with Crippen LogP contribution in [-0.2, 0) is 19.3 Å². The van der Waals surface area contributed by atoms with Gasteiger partial charge in [0.2, 0.25) is 0 Å². The molecule has 116 valence electrons. The van der Waals surface area contributed by atoms with Crippen molar-refractivity contribution >= 4 is 15.5 Å². The van der Waals surface area contributed by atoms with E-state index in [1.54, 1.807) is 0 Å². The van der Waals surface area contributed by atoms with Gasteiger partial charge in [0.25, 0.3) is 0 Å². The summed E-state index contributed by atoms with van der Waals surface area (Å²) in [5.74, 6) is -0.706. The first-order valence-electron chi connectivity index (χ1n) is 6.94. The summed E-state index contributed by atoms with van der Waals surface area (Å²) in [6.45, 7) is 1.39. The third kappa shape index (κ3) is 2.65. The van der Waals surface area contributed by atoms with Crippen LogP contribution in [0.2, 0.25) is 0 Å². The van der Waals surface area contributed by atoms with Crippen LogP contribution in [0.25, 0.3) is 0 Å². The van der Waals surface area contributed by atoms with Crippen LogP contribution in [0.5, 0.6) is 0 Å². The summed E-state index contributed by atoms with van der Waals surface area (Å²) >= 11 is 0. The minimum atomic E-state index is -3.60. The highest BCUT2D eigenvalue weighted by molar-refractivity contribution is 7.92. The number of halogens is 1. The van der Waals surface area contributed by atoms with Gasteiger partial charge < -0.3 is 15.2 Å². The SMILES string of the molecule is Nc1ccc(S(=O)(=O)C2CCOC3(CCOC3)C2)cc1F. The molecule has 2 fully saturated rings. The summed E-state index contributed by atoms with van der Waals surface area (Å²) in [5, 5.41) is -0.573. The van der Waals surface area contributed by atoms with Crippen molar-refractivity contribution < 1.29 is 22.3 Å². The van der Waals surface area contributed by atoms with Crippen LogP contribution in [0.15, 0.2) is 23.1 Å². The van der Waals surface area contributed by atoms with Crippen LogP contribution in [0.3, 0.4) is 0 Å². The van der Waals surface area contributed by atoms with E-state index in [2.05, 4.69) is 0 Å². The van der Waals surface area contributed by atoms with Gasteiger partial charge in [0, 0.05) is 19.6 Å². The average molecular weight is 315 g/mol. The molecule has 2 heterocycles. The molecule has 2 unspecified atom stereocenters. The molecule has 0 aromatic heterocycles. The summed E-state index contributed by atoms with van der Waals surface area (Å²) in [4.78, 5) is -0.0184. The van der Waals surface area contributed by atoms with Crippen molar-refractivity contribution in [2.24, 2.45) is 0 Å². The number of rotatable bonds is 2. The second-order valence-electron chi connectivity index (χ2n) is 5.68. The van der Waals surface area contributed by atoms with E-state index >= 15 is 0 Å². The van der Waals surface area contributed by atoms with Crippen molar-refractivity contribution in [2.75, 3.05) is 25.6 Å². The van der Waals surface area contributed by atoms with Crippen LogP contribution in [0.1, 0.15) is 19.3 Å². The van der Waals surface area contributed by atoms with Gasteiger partial charge in [0.05, 0.1) is 28.0 Å². The zero-order valence-electron chi connectivity index (χ0n) is 11.5. The third-order valence-corrected chi connectivity index (χ3v) is 6.45. The lowest BCUT2D eigenvalue weighted by Gasteiger charge is -2.36. The van der Waals surface area contributed by atoms with Crippen LogP contribution in [0.4, 0.5) is 10.1 Å². The smallest absolute Gasteiger partial charge is 0.181 e. The molecule has 21 heavy (non-hydrogen) atoms. The van der Waals surface area contributed by atoms with Gasteiger partial charge in [0.15, 0.2) is 9.84 Å². The lowest BCUT2D eigenvalue weighted by atomic mass is 9.93. The molecule has 0 bridgehead atoms. The van der Waals surface area contributed by atoms with Crippen molar-refractivity contribution in [3.63, 3.8) is 0 Å². The Morgan fingerprint density at radius 1 is 1.33 bits per heavy atom. The van der Waals surface area contributed by atoms with Crippen LogP contribution in [0, 0.1) is 5.82 Å². The number of sulfone groups is 1. The molecule has 1 aromatic carbocycles. The summed E-state index contributed by atoms with van der Waals surface area (Å²) < 4.78 is 50.0. The van der Waals surface area contributed by atoms with Gasteiger partial charge in [-0.25, -0.2) is 12.8 Å². The van der Waals surface area contributed by atoms with Crippen molar-refractivity contribution in [3.8, 4) is 0 Å². The van der Waals surface area contributed by atoms with Crippen LogP contribution in [-0.4, -0.2) is 39.1 Å². The number of nitrogens with two attached hydrogens (primary N) is 1. The topological polar surface area (TPSA) is 78.6 Å². The van der Waals surface area contributed by atoms with Gasteiger partial charge in [-0.2, -0.15) is 0 Å². The van der Waals surface area contributed by atoms with Gasteiger partial charge in [0.1, 0.15) is 5.82 Å². The fourth-order valence-corrected chi connectivity index (χ4v) is 4.83. The molecule has 2 aliphatic rings. The Kier molecular flexibility index (Phi) is 3.67. The highest BCUT2D eigenvalue weighted by atomic mass is 32.2. The third-order valence-electron chi connectivity index (χ3n) is 4.25. The maximum atomic E-state index is 13.5. The van der Waals surface area contributed by atoms with Gasteiger partial charge >= 0.3 is 0 Å². The number of hydrogen-bond donors (Lipinski definition) is 1. The Morgan fingerprint density at radius 3 is 2.81 bits per heavy atom. The quantitative estimate of drug-likeness (QED) is 0.837. The lowest BCUT2D eigenvalue weighted by molar-refractivity contribution is -0.0778. The van der Waals surface area contributed by atoms with Crippen molar-refractivity contribution in [3.05, 3.63) is 24.0 Å². The van der Waals surface area contributed by atoms with E-state index in [4.69, 9.17) is 15.2 Å². The van der Waals surface area contributed by atoms with Gasteiger partial charge in [-0.05, 0) is 31.0 Å². The Bertz CT molecular complexity index is 640. The van der Waals surface area contributed by atoms with E-state index in [1.807, 2.05) is 0 Å². The summed E-state index contributed by atoms with van der Waals surface area (Å²) in [5.41, 5.74) is 4.85. The molecule has 1 spiro atoms. The molecular formula is C14H18FNO4S. The highest BCUT2D eigenvalue weighted by Crippen LogP contribution is 2.37. The monoisotopic (exact) mass is 315 g/mol. The van der Waals surface area contributed by atoms with Gasteiger partial charge in [-0.3, -0.25) is 0 Å². The lowest BCUT2D eigenvalue weighted by Crippen LogP contribution is -2.45. The standard InChI is InChI=1S/C14H18FNO4S/c15-12-7-10(1-2-13(12)16)21(17,18)11-3-5-20-14(8-11)4-6-19-9-14/h1-2,7,11H,3-6,8-9,16H2. The molecular weight excluding hydrogens is 297 g/mol. The van der Waals surface area contributed by atoms with E-state index in [-0.39, 0.29) is 10.6 Å². The van der Waals surface area contributed by atoms with E-state index in [1.165, 1.54) is 12.1 Å². The largest absolute Gasteiger partial charge is 0.396 e. The predicted molar refractivity (Wildman–Crippen MR) is 75.1 cm³/mol. The number of hydrogen-bond acceptors (Lipinski definition) is 5. The molecule has 7 heteroatoms. The molecule has 0 saturated carbocycles. The maximum Gasteiger partial charge on any atom is 0.181 e.